The summed E-state index contributed by atoms with van der Waals surface area (Å²) in [6.07, 6.45) is 0. The van der Waals surface area contributed by atoms with Crippen molar-refractivity contribution < 1.29 is 1.43 Å². The van der Waals surface area contributed by atoms with Crippen LogP contribution in [-0.2, 0) is 0 Å². The molecule has 0 fully saturated rings. The first kappa shape index (κ1) is 9.78. The van der Waals surface area contributed by atoms with Gasteiger partial charge in [0.1, 0.15) is 0 Å². The Morgan fingerprint density at radius 2 is 1.13 bits per heavy atom. The van der Waals surface area contributed by atoms with Crippen LogP contribution in [0.5, 0.6) is 0 Å². The smallest absolute Gasteiger partial charge is 0.0413 e. The summed E-state index contributed by atoms with van der Waals surface area (Å²) >= 11 is 0. The predicted octanol–water partition coefficient (Wildman–Crippen LogP) is 4.29. The second-order valence-electron chi connectivity index (χ2n) is 3.75. The highest BCUT2D eigenvalue weighted by atomic mass is 14.9. The molecule has 0 aliphatic carbocycles. The van der Waals surface area contributed by atoms with E-state index >= 15 is 0 Å². The van der Waals surface area contributed by atoms with Gasteiger partial charge in [-0.1, -0.05) is 36.4 Å². The van der Waals surface area contributed by atoms with Gasteiger partial charge in [-0.25, -0.2) is 0 Å². The van der Waals surface area contributed by atoms with E-state index in [9.17, 15) is 0 Å². The lowest BCUT2D eigenvalue weighted by atomic mass is 10.1. The molecule has 0 spiro atoms. The summed E-state index contributed by atoms with van der Waals surface area (Å²) in [5, 5.41) is 3.44. The Morgan fingerprint density at radius 1 is 0.733 bits per heavy atom. The minimum absolute atomic E-state index is 0. The fourth-order valence-electron chi connectivity index (χ4n) is 1.57. The second-order valence-corrected chi connectivity index (χ2v) is 3.75. The molecule has 1 nitrogen and oxygen atoms in total. The molecule has 0 aliphatic rings. The fraction of sp³-hybridized carbons (Fsp3) is 0.143. The van der Waals surface area contributed by atoms with Gasteiger partial charge in [0.15, 0.2) is 0 Å². The number of para-hydroxylation sites is 2. The van der Waals surface area contributed by atoms with Crippen LogP contribution in [0.15, 0.2) is 48.5 Å². The van der Waals surface area contributed by atoms with E-state index in [1.165, 1.54) is 22.5 Å². The summed E-state index contributed by atoms with van der Waals surface area (Å²) in [5.74, 6) is 0. The number of hydrogen-bond acceptors (Lipinski definition) is 1. The van der Waals surface area contributed by atoms with Crippen LogP contribution in [0.4, 0.5) is 11.4 Å². The lowest BCUT2D eigenvalue weighted by Gasteiger charge is -2.11. The van der Waals surface area contributed by atoms with Crippen LogP contribution < -0.4 is 5.32 Å². The normalized spacial score (nSPS) is 10.0. The zero-order chi connectivity index (χ0) is 10.7. The van der Waals surface area contributed by atoms with Gasteiger partial charge in [-0.3, -0.25) is 0 Å². The first-order valence-corrected chi connectivity index (χ1v) is 5.15. The Labute approximate surface area is 92.3 Å². The van der Waals surface area contributed by atoms with Crippen molar-refractivity contribution in [3.8, 4) is 0 Å². The monoisotopic (exact) mass is 199 g/mol. The van der Waals surface area contributed by atoms with Gasteiger partial charge in [0.2, 0.25) is 0 Å². The maximum absolute atomic E-state index is 3.44. The number of hydrogen-bond donors (Lipinski definition) is 1. The molecule has 0 saturated carbocycles. The average Bonchev–Trinajstić information content (AvgIpc) is 2.24. The van der Waals surface area contributed by atoms with Crippen molar-refractivity contribution in [2.24, 2.45) is 0 Å². The van der Waals surface area contributed by atoms with Gasteiger partial charge in [0.25, 0.3) is 0 Å². The fourth-order valence-corrected chi connectivity index (χ4v) is 1.57. The van der Waals surface area contributed by atoms with Crippen molar-refractivity contribution in [3.63, 3.8) is 0 Å². The molecule has 0 radical (unpaired) electrons. The first-order chi connectivity index (χ1) is 7.27. The zero-order valence-corrected chi connectivity index (χ0v) is 9.12. The van der Waals surface area contributed by atoms with Crippen molar-refractivity contribution >= 4 is 11.4 Å². The summed E-state index contributed by atoms with van der Waals surface area (Å²) < 4.78 is 0. The molecule has 0 saturated heterocycles. The van der Waals surface area contributed by atoms with Gasteiger partial charge in [-0.05, 0) is 37.1 Å². The summed E-state index contributed by atoms with van der Waals surface area (Å²) in [7, 11) is 0. The summed E-state index contributed by atoms with van der Waals surface area (Å²) in [4.78, 5) is 0. The first-order valence-electron chi connectivity index (χ1n) is 5.15. The highest BCUT2D eigenvalue weighted by Crippen LogP contribution is 2.22. The van der Waals surface area contributed by atoms with Gasteiger partial charge in [0.05, 0.1) is 0 Å². The van der Waals surface area contributed by atoms with Crippen LogP contribution in [0.3, 0.4) is 0 Å². The molecule has 15 heavy (non-hydrogen) atoms. The van der Waals surface area contributed by atoms with Gasteiger partial charge in [-0.2, -0.15) is 0 Å². The molecule has 78 valence electrons. The average molecular weight is 199 g/mol. The van der Waals surface area contributed by atoms with Crippen molar-refractivity contribution in [3.05, 3.63) is 59.7 Å². The van der Waals surface area contributed by atoms with Gasteiger partial charge < -0.3 is 5.32 Å². The number of anilines is 2. The molecule has 2 aromatic carbocycles. The van der Waals surface area contributed by atoms with Crippen molar-refractivity contribution in [2.45, 2.75) is 13.8 Å². The van der Waals surface area contributed by atoms with Gasteiger partial charge in [-0.15, -0.1) is 0 Å². The van der Waals surface area contributed by atoms with E-state index in [0.717, 1.165) is 0 Å². The quantitative estimate of drug-likeness (QED) is 0.760. The van der Waals surface area contributed by atoms with E-state index in [0.29, 0.717) is 0 Å². The third-order valence-corrected chi connectivity index (χ3v) is 2.56. The largest absolute Gasteiger partial charge is 0.355 e. The molecule has 0 aromatic heterocycles. The Balaban J connectivity index is 0.00000128. The summed E-state index contributed by atoms with van der Waals surface area (Å²) in [5.41, 5.74) is 4.88. The Hall–Kier alpha value is -1.76. The van der Waals surface area contributed by atoms with Crippen LogP contribution in [0, 0.1) is 13.8 Å². The minimum Gasteiger partial charge on any atom is -0.355 e. The van der Waals surface area contributed by atoms with E-state index in [1.807, 2.05) is 12.1 Å². The Bertz CT molecular complexity index is 422. The van der Waals surface area contributed by atoms with Crippen LogP contribution in [0.25, 0.3) is 0 Å². The lowest BCUT2D eigenvalue weighted by molar-refractivity contribution is 1.39. The molecule has 0 unspecified atom stereocenters. The second kappa shape index (κ2) is 4.18. The molecule has 1 N–H and O–H groups in total. The summed E-state index contributed by atoms with van der Waals surface area (Å²) in [6.45, 7) is 4.22. The summed E-state index contributed by atoms with van der Waals surface area (Å²) in [6, 6.07) is 16.6. The maximum Gasteiger partial charge on any atom is 0.0413 e. The van der Waals surface area contributed by atoms with Gasteiger partial charge >= 0.3 is 0 Å². The SMILES string of the molecule is Cc1ccccc1Nc1ccccc1C.[HH]. The van der Waals surface area contributed by atoms with E-state index < -0.39 is 0 Å². The topological polar surface area (TPSA) is 12.0 Å². The number of aryl methyl sites for hydroxylation is 2. The lowest BCUT2D eigenvalue weighted by Crippen LogP contribution is -1.94. The van der Waals surface area contributed by atoms with Crippen LogP contribution in [0.2, 0.25) is 0 Å². The molecule has 2 aromatic rings. The van der Waals surface area contributed by atoms with Crippen molar-refractivity contribution in [1.82, 2.24) is 0 Å². The molecule has 0 heterocycles. The molecule has 1 heteroatoms. The van der Waals surface area contributed by atoms with Crippen LogP contribution in [0.1, 0.15) is 12.6 Å². The Morgan fingerprint density at radius 3 is 1.53 bits per heavy atom. The molecule has 0 aliphatic heterocycles. The molecule has 0 atom stereocenters. The van der Waals surface area contributed by atoms with Crippen molar-refractivity contribution in [1.29, 1.82) is 0 Å². The predicted molar refractivity (Wildman–Crippen MR) is 67.8 cm³/mol. The van der Waals surface area contributed by atoms with E-state index in [2.05, 4.69) is 55.6 Å². The third kappa shape index (κ3) is 2.18. The standard InChI is InChI=1S/C14H15N.H2/c1-11-7-3-5-9-13(11)15-14-10-6-4-8-12(14)2;/h3-10,15H,1-2H3;1H. The number of rotatable bonds is 2. The highest BCUT2D eigenvalue weighted by Gasteiger charge is 1.99. The maximum atomic E-state index is 3.44. The van der Waals surface area contributed by atoms with Crippen LogP contribution in [-0.4, -0.2) is 0 Å². The molecule has 2 rings (SSSR count). The molecule has 0 bridgehead atoms. The third-order valence-electron chi connectivity index (χ3n) is 2.56. The van der Waals surface area contributed by atoms with Crippen LogP contribution >= 0.6 is 0 Å². The minimum atomic E-state index is 0. The van der Waals surface area contributed by atoms with E-state index in [1.54, 1.807) is 0 Å². The van der Waals surface area contributed by atoms with Gasteiger partial charge in [0, 0.05) is 12.8 Å². The van der Waals surface area contributed by atoms with E-state index in [4.69, 9.17) is 0 Å². The highest BCUT2D eigenvalue weighted by molar-refractivity contribution is 5.65. The Kier molecular flexibility index (Phi) is 2.72. The number of nitrogens with one attached hydrogen (secondary N) is 1. The molecular formula is C14H17N. The van der Waals surface area contributed by atoms with Crippen molar-refractivity contribution in [2.75, 3.05) is 5.32 Å². The molecule has 0 amide bonds. The van der Waals surface area contributed by atoms with E-state index in [-0.39, 0.29) is 1.43 Å². The molecular weight excluding hydrogens is 182 g/mol. The zero-order valence-electron chi connectivity index (χ0n) is 9.12. The number of benzene rings is 2.